The summed E-state index contributed by atoms with van der Waals surface area (Å²) in [4.78, 5) is 37.2. The molecule has 0 aliphatic heterocycles. The molecule has 0 amide bonds. The van der Waals surface area contributed by atoms with Crippen LogP contribution >= 0.6 is 0 Å². The Balaban J connectivity index is 4.30. The van der Waals surface area contributed by atoms with Gasteiger partial charge in [0.05, 0.1) is 40.3 Å². The number of unbranched alkanes of at least 4 members (excludes halogenated alkanes) is 20. The molecule has 0 rings (SSSR count). The average molecular weight is 993 g/mol. The van der Waals surface area contributed by atoms with Crippen molar-refractivity contribution in [3.8, 4) is 0 Å². The van der Waals surface area contributed by atoms with Crippen LogP contribution in [-0.4, -0.2) is 82.3 Å². The van der Waals surface area contributed by atoms with Gasteiger partial charge in [0, 0.05) is 12.8 Å². The van der Waals surface area contributed by atoms with Crippen molar-refractivity contribution < 1.29 is 42.9 Å². The number of hydrogen-bond donors (Lipinski definition) is 0. The van der Waals surface area contributed by atoms with Gasteiger partial charge in [0.15, 0.2) is 12.4 Å². The number of carboxylic acid groups (broad SMARTS) is 1. The summed E-state index contributed by atoms with van der Waals surface area (Å²) in [5, 5.41) is 11.8. The van der Waals surface area contributed by atoms with E-state index in [0.717, 1.165) is 83.5 Å². The smallest absolute Gasteiger partial charge is 0.306 e. The quantitative estimate of drug-likeness (QED) is 0.0195. The summed E-state index contributed by atoms with van der Waals surface area (Å²) in [6.45, 7) is 4.57. The highest BCUT2D eigenvalue weighted by molar-refractivity contribution is 5.70. The summed E-state index contributed by atoms with van der Waals surface area (Å²) < 4.78 is 22.6. The Hall–Kier alpha value is -3.79. The topological polar surface area (TPSA) is 111 Å². The summed E-state index contributed by atoms with van der Waals surface area (Å²) in [7, 11) is 5.90. The number of quaternary nitrogens is 1. The van der Waals surface area contributed by atoms with E-state index in [1.54, 1.807) is 0 Å². The molecular formula is C62H105NO8. The van der Waals surface area contributed by atoms with Gasteiger partial charge < -0.3 is 33.3 Å². The molecule has 2 unspecified atom stereocenters. The van der Waals surface area contributed by atoms with Crippen molar-refractivity contribution in [3.63, 3.8) is 0 Å². The molecule has 0 bridgehead atoms. The lowest BCUT2D eigenvalue weighted by atomic mass is 10.0. The van der Waals surface area contributed by atoms with E-state index in [-0.39, 0.29) is 38.6 Å². The average Bonchev–Trinajstić information content (AvgIpc) is 3.34. The van der Waals surface area contributed by atoms with Crippen molar-refractivity contribution in [2.24, 2.45) is 0 Å². The molecule has 9 nitrogen and oxygen atoms in total. The van der Waals surface area contributed by atoms with Crippen LogP contribution in [0.4, 0.5) is 0 Å². The van der Waals surface area contributed by atoms with Crippen molar-refractivity contribution in [2.75, 3.05) is 47.5 Å². The largest absolute Gasteiger partial charge is 0.545 e. The van der Waals surface area contributed by atoms with Gasteiger partial charge in [-0.25, -0.2) is 0 Å². The summed E-state index contributed by atoms with van der Waals surface area (Å²) in [6.07, 6.45) is 67.4. The number of carbonyl (C=O) groups excluding carboxylic acids is 3. The lowest BCUT2D eigenvalue weighted by Gasteiger charge is -2.26. The Morgan fingerprint density at radius 3 is 1.21 bits per heavy atom. The van der Waals surface area contributed by atoms with Crippen molar-refractivity contribution in [2.45, 2.75) is 232 Å². The van der Waals surface area contributed by atoms with E-state index in [9.17, 15) is 19.5 Å². The number of aliphatic carboxylic acids is 1. The first kappa shape index (κ1) is 67.2. The Morgan fingerprint density at radius 2 is 0.803 bits per heavy atom. The van der Waals surface area contributed by atoms with Gasteiger partial charge in [-0.2, -0.15) is 0 Å². The lowest BCUT2D eigenvalue weighted by molar-refractivity contribution is -0.870. The summed E-state index contributed by atoms with van der Waals surface area (Å²) in [5.74, 6) is -2.34. The Morgan fingerprint density at radius 1 is 0.437 bits per heavy atom. The molecule has 0 fully saturated rings. The third-order valence-corrected chi connectivity index (χ3v) is 11.8. The number of allylic oxidation sites excluding steroid dienone is 16. The number of esters is 2. The van der Waals surface area contributed by atoms with E-state index in [0.29, 0.717) is 17.4 Å². The number of likely N-dealkylation sites (N-methyl/N-ethyl adjacent to an activating group) is 1. The molecule has 406 valence electrons. The summed E-state index contributed by atoms with van der Waals surface area (Å²) in [6, 6.07) is 0. The maximum atomic E-state index is 12.8. The van der Waals surface area contributed by atoms with Crippen LogP contribution in [-0.2, 0) is 33.3 Å². The van der Waals surface area contributed by atoms with E-state index in [1.165, 1.54) is 103 Å². The van der Waals surface area contributed by atoms with Gasteiger partial charge in [0.1, 0.15) is 13.2 Å². The first-order chi connectivity index (χ1) is 34.6. The maximum Gasteiger partial charge on any atom is 0.306 e. The standard InChI is InChI=1S/C62H105NO8/c1-6-8-10-12-14-16-18-20-22-24-26-27-28-29-30-31-32-33-35-36-38-40-42-44-46-48-50-52-59(64)69-56-58(57-70-62(61(66)67)68-55-54-63(3,4)5)71-60(65)53-51-49-47-45-43-41-39-37-34-25-23-21-19-17-15-13-11-9-7-2/h9,11,15,17-18,20-21,23-24,26,28-29,34,37,41,43,58,62H,6-8,10,12-14,16,19,22,25,27,30-33,35-36,38-40,42,44-57H2,1-5H3/b11-9-,17-15-,20-18-,23-21-,26-24-,29-28-,37-34-,43-41-. The molecule has 0 aliphatic rings. The Labute approximate surface area is 435 Å². The molecule has 0 radical (unpaired) electrons. The zero-order chi connectivity index (χ0) is 52.0. The molecule has 0 heterocycles. The second-order valence-electron chi connectivity index (χ2n) is 19.8. The number of carboxylic acids is 1. The molecule has 0 aliphatic carbocycles. The van der Waals surface area contributed by atoms with Crippen molar-refractivity contribution in [1.29, 1.82) is 0 Å². The highest BCUT2D eigenvalue weighted by Crippen LogP contribution is 2.15. The molecule has 9 heteroatoms. The van der Waals surface area contributed by atoms with Crippen LogP contribution in [0.5, 0.6) is 0 Å². The van der Waals surface area contributed by atoms with Gasteiger partial charge >= 0.3 is 11.9 Å². The zero-order valence-corrected chi connectivity index (χ0v) is 46.1. The predicted molar refractivity (Wildman–Crippen MR) is 297 cm³/mol. The molecule has 0 N–H and O–H groups in total. The van der Waals surface area contributed by atoms with E-state index < -0.39 is 24.3 Å². The van der Waals surface area contributed by atoms with E-state index >= 15 is 0 Å². The van der Waals surface area contributed by atoms with E-state index in [1.807, 2.05) is 21.1 Å². The van der Waals surface area contributed by atoms with Crippen LogP contribution < -0.4 is 5.11 Å². The van der Waals surface area contributed by atoms with Crippen LogP contribution in [0.2, 0.25) is 0 Å². The van der Waals surface area contributed by atoms with E-state index in [2.05, 4.69) is 111 Å². The fraction of sp³-hybridized carbons (Fsp3) is 0.694. The number of hydrogen-bond acceptors (Lipinski definition) is 8. The van der Waals surface area contributed by atoms with Gasteiger partial charge in [0.25, 0.3) is 0 Å². The molecule has 0 aromatic heterocycles. The van der Waals surface area contributed by atoms with Crippen LogP contribution in [0.1, 0.15) is 219 Å². The first-order valence-corrected chi connectivity index (χ1v) is 28.4. The number of carbonyl (C=O) groups is 3. The maximum absolute atomic E-state index is 12.8. The van der Waals surface area contributed by atoms with Crippen molar-refractivity contribution in [3.05, 3.63) is 97.2 Å². The SMILES string of the molecule is CC/C=C\C/C=C\C/C=C\C/C=C\C/C=C\CCCCCC(=O)OC(COC(=O)CCCCCCCCCCCCCC/C=C\C/C=C\C/C=C\CCCCCCC)COC(OCC[N+](C)(C)C)C(=O)[O-]. The zero-order valence-electron chi connectivity index (χ0n) is 46.1. The second kappa shape index (κ2) is 52.5. The minimum atomic E-state index is -1.64. The minimum absolute atomic E-state index is 0.136. The normalized spacial score (nSPS) is 13.5. The predicted octanol–water partition coefficient (Wildman–Crippen LogP) is 15.2. The third kappa shape index (κ3) is 53.8. The molecule has 71 heavy (non-hydrogen) atoms. The number of rotatable bonds is 51. The molecule has 0 aromatic rings. The summed E-state index contributed by atoms with van der Waals surface area (Å²) >= 11 is 0. The summed E-state index contributed by atoms with van der Waals surface area (Å²) in [5.41, 5.74) is 0. The van der Waals surface area contributed by atoms with Gasteiger partial charge in [-0.1, -0.05) is 207 Å². The van der Waals surface area contributed by atoms with Crippen LogP contribution in [0, 0.1) is 0 Å². The molecule has 0 saturated carbocycles. The van der Waals surface area contributed by atoms with Crippen LogP contribution in [0.15, 0.2) is 97.2 Å². The van der Waals surface area contributed by atoms with Gasteiger partial charge in [0.2, 0.25) is 0 Å². The second-order valence-corrected chi connectivity index (χ2v) is 19.8. The minimum Gasteiger partial charge on any atom is -0.545 e. The molecule has 2 atom stereocenters. The number of ether oxygens (including phenoxy) is 4. The number of nitrogens with zero attached hydrogens (tertiary/aromatic N) is 1. The van der Waals surface area contributed by atoms with Gasteiger partial charge in [-0.3, -0.25) is 9.59 Å². The van der Waals surface area contributed by atoms with Gasteiger partial charge in [-0.05, 0) is 96.3 Å². The Kier molecular flexibility index (Phi) is 49.7. The van der Waals surface area contributed by atoms with Crippen LogP contribution in [0.25, 0.3) is 0 Å². The van der Waals surface area contributed by atoms with E-state index in [4.69, 9.17) is 18.9 Å². The Bertz CT molecular complexity index is 1480. The molecule has 0 spiro atoms. The third-order valence-electron chi connectivity index (χ3n) is 11.8. The lowest BCUT2D eigenvalue weighted by Crippen LogP contribution is -2.44. The van der Waals surface area contributed by atoms with Gasteiger partial charge in [-0.15, -0.1) is 0 Å². The fourth-order valence-electron chi connectivity index (χ4n) is 7.45. The molecule has 0 aromatic carbocycles. The monoisotopic (exact) mass is 992 g/mol. The van der Waals surface area contributed by atoms with Crippen LogP contribution in [0.3, 0.4) is 0 Å². The van der Waals surface area contributed by atoms with Crippen molar-refractivity contribution >= 4 is 17.9 Å². The van der Waals surface area contributed by atoms with Crippen molar-refractivity contribution in [1.82, 2.24) is 0 Å². The highest BCUT2D eigenvalue weighted by Gasteiger charge is 2.22. The fourth-order valence-corrected chi connectivity index (χ4v) is 7.45. The first-order valence-electron chi connectivity index (χ1n) is 28.4. The molecular weight excluding hydrogens is 887 g/mol. The molecule has 0 saturated heterocycles. The highest BCUT2D eigenvalue weighted by atomic mass is 16.7.